The highest BCUT2D eigenvalue weighted by Gasteiger charge is 2.31. The summed E-state index contributed by atoms with van der Waals surface area (Å²) >= 11 is 0. The van der Waals surface area contributed by atoms with Crippen molar-refractivity contribution in [2.24, 2.45) is 11.1 Å². The predicted molar refractivity (Wildman–Crippen MR) is 135 cm³/mol. The summed E-state index contributed by atoms with van der Waals surface area (Å²) in [6.07, 6.45) is 5.82. The van der Waals surface area contributed by atoms with Crippen LogP contribution in [0.4, 0.5) is 5.69 Å². The summed E-state index contributed by atoms with van der Waals surface area (Å²) in [6, 6.07) is 16.6. The van der Waals surface area contributed by atoms with E-state index >= 15 is 0 Å². The normalized spacial score (nSPS) is 17.8. The summed E-state index contributed by atoms with van der Waals surface area (Å²) in [6.45, 7) is 6.12. The molecule has 0 unspecified atom stereocenters. The van der Waals surface area contributed by atoms with Gasteiger partial charge in [0.25, 0.3) is 5.91 Å². The molecule has 1 aromatic heterocycles. The molecule has 34 heavy (non-hydrogen) atoms. The molecule has 5 rings (SSSR count). The van der Waals surface area contributed by atoms with Gasteiger partial charge < -0.3 is 15.8 Å². The van der Waals surface area contributed by atoms with Crippen LogP contribution in [0.25, 0.3) is 5.69 Å². The minimum Gasteiger partial charge on any atom is -0.381 e. The first-order valence-electron chi connectivity index (χ1n) is 12.3. The van der Waals surface area contributed by atoms with E-state index in [0.29, 0.717) is 5.56 Å². The Kier molecular flexibility index (Phi) is 6.17. The summed E-state index contributed by atoms with van der Waals surface area (Å²) in [5.41, 5.74) is 13.3. The maximum atomic E-state index is 12.2. The molecule has 0 spiro atoms. The number of aromatic nitrogens is 2. The van der Waals surface area contributed by atoms with Gasteiger partial charge in [-0.25, -0.2) is 4.68 Å². The van der Waals surface area contributed by atoms with Gasteiger partial charge in [-0.1, -0.05) is 44.2 Å². The Morgan fingerprint density at radius 3 is 2.68 bits per heavy atom. The Labute approximate surface area is 201 Å². The molecule has 178 valence electrons. The second kappa shape index (κ2) is 9.26. The van der Waals surface area contributed by atoms with Crippen LogP contribution in [0.5, 0.6) is 0 Å². The zero-order valence-electron chi connectivity index (χ0n) is 20.1. The van der Waals surface area contributed by atoms with Gasteiger partial charge in [0.2, 0.25) is 0 Å². The molecule has 1 amide bonds. The fraction of sp³-hybridized carbons (Fsp3) is 0.429. The van der Waals surface area contributed by atoms with Crippen LogP contribution in [0.1, 0.15) is 66.0 Å². The standard InChI is InChI=1S/C28H34N4O2/c1-28(2)13-10-22-25(16-19-6-4-3-5-7-19)31-32(26(22)18-28)21-8-9-23(27(29)33)24(17-21)30-20-11-14-34-15-12-20/h3-9,17,20,30H,10-16,18H2,1-2H3,(H2,29,33). The fourth-order valence-corrected chi connectivity index (χ4v) is 5.22. The quantitative estimate of drug-likeness (QED) is 0.562. The lowest BCUT2D eigenvalue weighted by atomic mass is 9.76. The number of carbonyl (C=O) groups excluding carboxylic acids is 1. The second-order valence-electron chi connectivity index (χ2n) is 10.4. The first-order valence-corrected chi connectivity index (χ1v) is 12.3. The lowest BCUT2D eigenvalue weighted by Gasteiger charge is -2.30. The number of fused-ring (bicyclic) bond motifs is 1. The van der Waals surface area contributed by atoms with Gasteiger partial charge in [-0.15, -0.1) is 0 Å². The molecule has 6 nitrogen and oxygen atoms in total. The van der Waals surface area contributed by atoms with E-state index in [1.165, 1.54) is 16.8 Å². The number of primary amides is 1. The van der Waals surface area contributed by atoms with E-state index in [1.54, 1.807) is 0 Å². The van der Waals surface area contributed by atoms with Crippen molar-refractivity contribution >= 4 is 11.6 Å². The number of ether oxygens (including phenoxy) is 1. The van der Waals surface area contributed by atoms with Crippen LogP contribution >= 0.6 is 0 Å². The first kappa shape index (κ1) is 22.7. The van der Waals surface area contributed by atoms with Gasteiger partial charge in [0.05, 0.1) is 16.9 Å². The molecule has 2 aromatic carbocycles. The number of carbonyl (C=O) groups is 1. The van der Waals surface area contributed by atoms with Gasteiger partial charge in [-0.2, -0.15) is 5.10 Å². The van der Waals surface area contributed by atoms with Crippen molar-refractivity contribution in [3.05, 3.63) is 76.6 Å². The number of benzene rings is 2. The van der Waals surface area contributed by atoms with Crippen LogP contribution < -0.4 is 11.1 Å². The van der Waals surface area contributed by atoms with Gasteiger partial charge >= 0.3 is 0 Å². The van der Waals surface area contributed by atoms with Crippen LogP contribution in [-0.4, -0.2) is 34.9 Å². The van der Waals surface area contributed by atoms with Gasteiger partial charge in [-0.3, -0.25) is 4.79 Å². The van der Waals surface area contributed by atoms with Crippen molar-refractivity contribution < 1.29 is 9.53 Å². The topological polar surface area (TPSA) is 82.2 Å². The summed E-state index contributed by atoms with van der Waals surface area (Å²) in [5.74, 6) is -0.422. The zero-order chi connectivity index (χ0) is 23.7. The van der Waals surface area contributed by atoms with Crippen molar-refractivity contribution in [1.29, 1.82) is 0 Å². The molecule has 6 heteroatoms. The third kappa shape index (κ3) is 4.73. The van der Waals surface area contributed by atoms with E-state index < -0.39 is 5.91 Å². The number of anilines is 1. The molecule has 0 saturated carbocycles. The third-order valence-electron chi connectivity index (χ3n) is 7.18. The van der Waals surface area contributed by atoms with Crippen LogP contribution in [0, 0.1) is 5.41 Å². The average Bonchev–Trinajstić information content (AvgIpc) is 3.16. The van der Waals surface area contributed by atoms with E-state index in [0.717, 1.165) is 68.8 Å². The Bertz CT molecular complexity index is 1180. The van der Waals surface area contributed by atoms with Crippen LogP contribution in [0.15, 0.2) is 48.5 Å². The predicted octanol–water partition coefficient (Wildman–Crippen LogP) is 4.67. The maximum absolute atomic E-state index is 12.2. The molecular weight excluding hydrogens is 424 g/mol. The number of amides is 1. The molecule has 1 fully saturated rings. The van der Waals surface area contributed by atoms with Crippen molar-refractivity contribution in [1.82, 2.24) is 9.78 Å². The van der Waals surface area contributed by atoms with E-state index in [2.05, 4.69) is 48.1 Å². The van der Waals surface area contributed by atoms with Gasteiger partial charge in [0, 0.05) is 37.1 Å². The molecule has 1 aliphatic heterocycles. The molecule has 2 heterocycles. The number of hydrogen-bond acceptors (Lipinski definition) is 4. The van der Waals surface area contributed by atoms with Crippen LogP contribution in [0.2, 0.25) is 0 Å². The summed E-state index contributed by atoms with van der Waals surface area (Å²) in [4.78, 5) is 12.2. The highest BCUT2D eigenvalue weighted by Crippen LogP contribution is 2.38. The lowest BCUT2D eigenvalue weighted by Crippen LogP contribution is -2.29. The number of nitrogens with zero attached hydrogens (tertiary/aromatic N) is 2. The van der Waals surface area contributed by atoms with Gasteiger partial charge in [0.1, 0.15) is 0 Å². The molecular formula is C28H34N4O2. The van der Waals surface area contributed by atoms with Crippen LogP contribution in [-0.2, 0) is 24.0 Å². The molecule has 1 saturated heterocycles. The summed E-state index contributed by atoms with van der Waals surface area (Å²) < 4.78 is 7.60. The van der Waals surface area contributed by atoms with Crippen molar-refractivity contribution in [3.8, 4) is 5.69 Å². The largest absolute Gasteiger partial charge is 0.381 e. The molecule has 0 bridgehead atoms. The SMILES string of the molecule is CC1(C)CCc2c(Cc3ccccc3)nn(-c3ccc(C(N)=O)c(NC4CCOCC4)c3)c2C1. The van der Waals surface area contributed by atoms with Crippen LogP contribution in [0.3, 0.4) is 0 Å². The maximum Gasteiger partial charge on any atom is 0.250 e. The fourth-order valence-electron chi connectivity index (χ4n) is 5.22. The highest BCUT2D eigenvalue weighted by atomic mass is 16.5. The second-order valence-corrected chi connectivity index (χ2v) is 10.4. The molecule has 0 radical (unpaired) electrons. The summed E-state index contributed by atoms with van der Waals surface area (Å²) in [7, 11) is 0. The molecule has 3 N–H and O–H groups in total. The summed E-state index contributed by atoms with van der Waals surface area (Å²) in [5, 5.41) is 8.70. The smallest absolute Gasteiger partial charge is 0.250 e. The Morgan fingerprint density at radius 2 is 1.94 bits per heavy atom. The number of nitrogens with two attached hydrogens (primary N) is 1. The molecule has 2 aliphatic rings. The minimum absolute atomic E-state index is 0.227. The third-order valence-corrected chi connectivity index (χ3v) is 7.18. The Morgan fingerprint density at radius 1 is 1.18 bits per heavy atom. The van der Waals surface area contributed by atoms with E-state index in [-0.39, 0.29) is 11.5 Å². The first-order chi connectivity index (χ1) is 16.4. The number of hydrogen-bond donors (Lipinski definition) is 2. The number of nitrogens with one attached hydrogen (secondary N) is 1. The molecule has 3 aromatic rings. The van der Waals surface area contributed by atoms with E-state index in [1.807, 2.05) is 24.3 Å². The number of rotatable bonds is 6. The monoisotopic (exact) mass is 458 g/mol. The molecule has 1 aliphatic carbocycles. The van der Waals surface area contributed by atoms with Crippen molar-refractivity contribution in [3.63, 3.8) is 0 Å². The minimum atomic E-state index is -0.422. The van der Waals surface area contributed by atoms with Crippen molar-refractivity contribution in [2.75, 3.05) is 18.5 Å². The van der Waals surface area contributed by atoms with E-state index in [4.69, 9.17) is 15.6 Å². The van der Waals surface area contributed by atoms with Gasteiger partial charge in [-0.05, 0) is 66.8 Å². The molecule has 0 atom stereocenters. The Balaban J connectivity index is 1.55. The highest BCUT2D eigenvalue weighted by molar-refractivity contribution is 5.99. The van der Waals surface area contributed by atoms with E-state index in [9.17, 15) is 4.79 Å². The van der Waals surface area contributed by atoms with Crippen molar-refractivity contribution in [2.45, 2.75) is 58.4 Å². The zero-order valence-corrected chi connectivity index (χ0v) is 20.1. The lowest BCUT2D eigenvalue weighted by molar-refractivity contribution is 0.0904. The van der Waals surface area contributed by atoms with Gasteiger partial charge in [0.15, 0.2) is 0 Å². The average molecular weight is 459 g/mol. The Hall–Kier alpha value is -3.12.